The van der Waals surface area contributed by atoms with Crippen molar-refractivity contribution in [2.75, 3.05) is 24.5 Å². The second kappa shape index (κ2) is 8.54. The van der Waals surface area contributed by atoms with Crippen molar-refractivity contribution < 1.29 is 14.3 Å². The highest BCUT2D eigenvalue weighted by atomic mass is 16.6. The minimum atomic E-state index is -0.535. The van der Waals surface area contributed by atoms with Gasteiger partial charge in [-0.1, -0.05) is 44.2 Å². The summed E-state index contributed by atoms with van der Waals surface area (Å²) >= 11 is 0. The zero-order chi connectivity index (χ0) is 23.0. The summed E-state index contributed by atoms with van der Waals surface area (Å²) in [7, 11) is 0. The van der Waals surface area contributed by atoms with Crippen LogP contribution in [0, 0.1) is 0 Å². The minimum absolute atomic E-state index is 0.0846. The van der Waals surface area contributed by atoms with Gasteiger partial charge in [-0.3, -0.25) is 9.69 Å². The summed E-state index contributed by atoms with van der Waals surface area (Å²) in [5.74, 6) is 1.24. The molecule has 1 aromatic heterocycles. The first-order valence-corrected chi connectivity index (χ1v) is 11.7. The number of carbonyl (C=O) groups excluding carboxylic acids is 2. The zero-order valence-electron chi connectivity index (χ0n) is 19.2. The SMILES string of the molecule is CC(C)c1nc2ccccc2n1CC(=O)N1CCCC2(CC1)CN(c1ccccc1)C(=O)O2. The maximum absolute atomic E-state index is 13.3. The number of carbonyl (C=O) groups is 2. The van der Waals surface area contributed by atoms with Crippen LogP contribution in [0.15, 0.2) is 54.6 Å². The number of imidazole rings is 1. The third kappa shape index (κ3) is 4.08. The Hall–Kier alpha value is -3.35. The molecule has 0 saturated carbocycles. The second-order valence-electron chi connectivity index (χ2n) is 9.41. The van der Waals surface area contributed by atoms with Crippen molar-refractivity contribution in [3.05, 3.63) is 60.4 Å². The number of hydrogen-bond acceptors (Lipinski definition) is 4. The molecule has 0 radical (unpaired) electrons. The molecule has 3 heterocycles. The summed E-state index contributed by atoms with van der Waals surface area (Å²) in [5, 5.41) is 0. The summed E-state index contributed by atoms with van der Waals surface area (Å²) in [6, 6.07) is 17.6. The van der Waals surface area contributed by atoms with Gasteiger partial charge in [0.2, 0.25) is 5.91 Å². The van der Waals surface area contributed by atoms with Gasteiger partial charge in [-0.2, -0.15) is 0 Å². The van der Waals surface area contributed by atoms with Crippen molar-refractivity contribution in [3.8, 4) is 0 Å². The number of anilines is 1. The molecule has 2 aromatic carbocycles. The average molecular weight is 447 g/mol. The summed E-state index contributed by atoms with van der Waals surface area (Å²) < 4.78 is 7.96. The molecule has 1 spiro atoms. The minimum Gasteiger partial charge on any atom is -0.441 e. The fourth-order valence-electron chi connectivity index (χ4n) is 5.04. The van der Waals surface area contributed by atoms with E-state index in [1.54, 1.807) is 4.90 Å². The van der Waals surface area contributed by atoms with Gasteiger partial charge in [0.25, 0.3) is 0 Å². The number of para-hydroxylation sites is 3. The molecule has 0 bridgehead atoms. The predicted molar refractivity (Wildman–Crippen MR) is 127 cm³/mol. The van der Waals surface area contributed by atoms with Gasteiger partial charge in [0.1, 0.15) is 18.0 Å². The van der Waals surface area contributed by atoms with Crippen molar-refractivity contribution in [1.82, 2.24) is 14.5 Å². The lowest BCUT2D eigenvalue weighted by atomic mass is 9.95. The van der Waals surface area contributed by atoms with E-state index in [4.69, 9.17) is 9.72 Å². The molecule has 3 aromatic rings. The number of likely N-dealkylation sites (tertiary alicyclic amines) is 1. The Labute approximate surface area is 193 Å². The Morgan fingerprint density at radius 3 is 2.61 bits per heavy atom. The monoisotopic (exact) mass is 446 g/mol. The number of rotatable bonds is 4. The van der Waals surface area contributed by atoms with Gasteiger partial charge in [0, 0.05) is 31.1 Å². The lowest BCUT2D eigenvalue weighted by molar-refractivity contribution is -0.131. The highest BCUT2D eigenvalue weighted by molar-refractivity contribution is 5.90. The van der Waals surface area contributed by atoms with Gasteiger partial charge in [-0.25, -0.2) is 9.78 Å². The lowest BCUT2D eigenvalue weighted by Gasteiger charge is -2.26. The predicted octanol–water partition coefficient (Wildman–Crippen LogP) is 4.57. The molecule has 0 aliphatic carbocycles. The molecular formula is C26H30N4O3. The first kappa shape index (κ1) is 21.5. The maximum atomic E-state index is 13.3. The Bertz CT molecular complexity index is 1170. The molecule has 2 aliphatic rings. The van der Waals surface area contributed by atoms with Crippen molar-refractivity contribution in [3.63, 3.8) is 0 Å². The number of amides is 2. The smallest absolute Gasteiger partial charge is 0.415 e. The van der Waals surface area contributed by atoms with Crippen LogP contribution >= 0.6 is 0 Å². The Balaban J connectivity index is 1.30. The maximum Gasteiger partial charge on any atom is 0.415 e. The molecule has 1 unspecified atom stereocenters. The number of nitrogens with zero attached hydrogens (tertiary/aromatic N) is 4. The molecule has 5 rings (SSSR count). The molecule has 2 fully saturated rings. The van der Waals surface area contributed by atoms with Crippen LogP contribution < -0.4 is 4.90 Å². The molecule has 2 amide bonds. The van der Waals surface area contributed by atoms with Crippen LogP contribution in [0.1, 0.15) is 44.9 Å². The number of ether oxygens (including phenoxy) is 1. The van der Waals surface area contributed by atoms with Gasteiger partial charge in [-0.05, 0) is 37.1 Å². The molecular weight excluding hydrogens is 416 g/mol. The van der Waals surface area contributed by atoms with Gasteiger partial charge in [0.15, 0.2) is 0 Å². The molecule has 0 N–H and O–H groups in total. The number of benzene rings is 2. The van der Waals surface area contributed by atoms with Crippen molar-refractivity contribution >= 4 is 28.7 Å². The van der Waals surface area contributed by atoms with Crippen molar-refractivity contribution in [2.24, 2.45) is 0 Å². The summed E-state index contributed by atoms with van der Waals surface area (Å²) in [4.78, 5) is 34.4. The quantitative estimate of drug-likeness (QED) is 0.589. The van der Waals surface area contributed by atoms with Crippen LogP contribution in [0.2, 0.25) is 0 Å². The van der Waals surface area contributed by atoms with E-state index in [2.05, 4.69) is 18.4 Å². The van der Waals surface area contributed by atoms with Crippen LogP contribution in [0.25, 0.3) is 11.0 Å². The molecule has 33 heavy (non-hydrogen) atoms. The van der Waals surface area contributed by atoms with E-state index < -0.39 is 5.60 Å². The Morgan fingerprint density at radius 1 is 1.06 bits per heavy atom. The third-order valence-corrected chi connectivity index (χ3v) is 6.78. The molecule has 2 saturated heterocycles. The van der Waals surface area contributed by atoms with E-state index in [1.807, 2.05) is 59.5 Å². The van der Waals surface area contributed by atoms with E-state index in [-0.39, 0.29) is 24.5 Å². The van der Waals surface area contributed by atoms with Crippen LogP contribution in [0.3, 0.4) is 0 Å². The first-order chi connectivity index (χ1) is 16.0. The first-order valence-electron chi connectivity index (χ1n) is 11.7. The Kier molecular flexibility index (Phi) is 5.56. The largest absolute Gasteiger partial charge is 0.441 e. The number of aromatic nitrogens is 2. The van der Waals surface area contributed by atoms with Gasteiger partial charge in [-0.15, -0.1) is 0 Å². The molecule has 7 nitrogen and oxygen atoms in total. The Morgan fingerprint density at radius 2 is 1.82 bits per heavy atom. The highest BCUT2D eigenvalue weighted by Gasteiger charge is 2.46. The summed E-state index contributed by atoms with van der Waals surface area (Å²) in [6.07, 6.45) is 1.92. The zero-order valence-corrected chi connectivity index (χ0v) is 19.2. The normalized spacial score (nSPS) is 21.1. The fourth-order valence-corrected chi connectivity index (χ4v) is 5.04. The van der Waals surface area contributed by atoms with E-state index in [1.165, 1.54) is 0 Å². The molecule has 2 aliphatic heterocycles. The standard InChI is InChI=1S/C26H30N4O3/c1-19(2)24-27-21-11-6-7-12-22(21)29(24)17-23(31)28-15-8-13-26(14-16-28)18-30(25(32)33-26)20-9-4-3-5-10-20/h3-7,9-12,19H,8,13-18H2,1-2H3. The lowest BCUT2D eigenvalue weighted by Crippen LogP contribution is -2.38. The van der Waals surface area contributed by atoms with Gasteiger partial charge < -0.3 is 14.2 Å². The van der Waals surface area contributed by atoms with Crippen LogP contribution in [-0.2, 0) is 16.1 Å². The van der Waals surface area contributed by atoms with E-state index in [9.17, 15) is 9.59 Å². The van der Waals surface area contributed by atoms with E-state index in [0.29, 0.717) is 26.1 Å². The third-order valence-electron chi connectivity index (χ3n) is 6.78. The summed E-state index contributed by atoms with van der Waals surface area (Å²) in [5.41, 5.74) is 2.23. The average Bonchev–Trinajstić information content (AvgIpc) is 3.26. The number of fused-ring (bicyclic) bond motifs is 1. The van der Waals surface area contributed by atoms with E-state index in [0.717, 1.165) is 35.4 Å². The van der Waals surface area contributed by atoms with Crippen LogP contribution in [0.5, 0.6) is 0 Å². The van der Waals surface area contributed by atoms with Gasteiger partial charge in [0.05, 0.1) is 17.6 Å². The summed E-state index contributed by atoms with van der Waals surface area (Å²) in [6.45, 7) is 6.26. The molecule has 1 atom stereocenters. The highest BCUT2D eigenvalue weighted by Crippen LogP contribution is 2.35. The van der Waals surface area contributed by atoms with Crippen LogP contribution in [0.4, 0.5) is 10.5 Å². The van der Waals surface area contributed by atoms with Gasteiger partial charge >= 0.3 is 6.09 Å². The number of hydrogen-bond donors (Lipinski definition) is 0. The van der Waals surface area contributed by atoms with E-state index >= 15 is 0 Å². The van der Waals surface area contributed by atoms with Crippen molar-refractivity contribution in [1.29, 1.82) is 0 Å². The second-order valence-corrected chi connectivity index (χ2v) is 9.41. The molecule has 172 valence electrons. The molecule has 7 heteroatoms. The van der Waals surface area contributed by atoms with Crippen molar-refractivity contribution in [2.45, 2.75) is 51.2 Å². The fraction of sp³-hybridized carbons (Fsp3) is 0.423. The topological polar surface area (TPSA) is 67.7 Å². The van der Waals surface area contributed by atoms with Crippen LogP contribution in [-0.4, -0.2) is 51.7 Å².